The summed E-state index contributed by atoms with van der Waals surface area (Å²) in [6.45, 7) is -0.305. The van der Waals surface area contributed by atoms with Gasteiger partial charge in [0.2, 0.25) is 0 Å². The molecule has 0 unspecified atom stereocenters. The normalized spacial score (nSPS) is 20.4. The summed E-state index contributed by atoms with van der Waals surface area (Å²) in [5.74, 6) is 0.525. The lowest BCUT2D eigenvalue weighted by Gasteiger charge is -2.32. The average molecular weight is 302 g/mol. The SMILES string of the molecule is CN=C(NC)NC1CCN(S(=O)(=O)C(F)(F)F)CC1. The van der Waals surface area contributed by atoms with Crippen molar-refractivity contribution in [1.29, 1.82) is 0 Å². The van der Waals surface area contributed by atoms with Crippen LogP contribution in [0.3, 0.4) is 0 Å². The van der Waals surface area contributed by atoms with E-state index in [1.54, 1.807) is 14.1 Å². The molecule has 0 aromatic rings. The van der Waals surface area contributed by atoms with Crippen LogP contribution >= 0.6 is 0 Å². The molecule has 6 nitrogen and oxygen atoms in total. The fourth-order valence-corrected chi connectivity index (χ4v) is 2.81. The lowest BCUT2D eigenvalue weighted by Crippen LogP contribution is -2.51. The third kappa shape index (κ3) is 3.72. The number of hydrogen-bond acceptors (Lipinski definition) is 3. The van der Waals surface area contributed by atoms with Crippen LogP contribution in [0.15, 0.2) is 4.99 Å². The molecule has 10 heteroatoms. The summed E-state index contributed by atoms with van der Waals surface area (Å²) >= 11 is 0. The van der Waals surface area contributed by atoms with E-state index in [0.717, 1.165) is 0 Å². The molecule has 0 atom stereocenters. The fraction of sp³-hybridized carbons (Fsp3) is 0.889. The lowest BCUT2D eigenvalue weighted by molar-refractivity contribution is -0.0494. The monoisotopic (exact) mass is 302 g/mol. The van der Waals surface area contributed by atoms with E-state index in [1.807, 2.05) is 0 Å². The minimum absolute atomic E-state index is 0.0918. The number of halogens is 3. The largest absolute Gasteiger partial charge is 0.511 e. The van der Waals surface area contributed by atoms with Gasteiger partial charge in [-0.05, 0) is 12.8 Å². The minimum atomic E-state index is -5.23. The molecule has 1 heterocycles. The summed E-state index contributed by atoms with van der Waals surface area (Å²) in [7, 11) is -1.97. The quantitative estimate of drug-likeness (QED) is 0.560. The van der Waals surface area contributed by atoms with Crippen LogP contribution in [-0.4, -0.2) is 57.4 Å². The summed E-state index contributed by atoms with van der Waals surface area (Å²) in [6.07, 6.45) is 0.603. The van der Waals surface area contributed by atoms with Gasteiger partial charge < -0.3 is 10.6 Å². The second-order valence-corrected chi connectivity index (χ2v) is 6.02. The van der Waals surface area contributed by atoms with Gasteiger partial charge in [-0.3, -0.25) is 4.99 Å². The van der Waals surface area contributed by atoms with Crippen LogP contribution in [0.5, 0.6) is 0 Å². The van der Waals surface area contributed by atoms with Crippen LogP contribution in [0, 0.1) is 0 Å². The number of guanidine groups is 1. The summed E-state index contributed by atoms with van der Waals surface area (Å²) in [4.78, 5) is 3.89. The molecule has 1 rings (SSSR count). The van der Waals surface area contributed by atoms with Gasteiger partial charge in [0.25, 0.3) is 0 Å². The Hall–Kier alpha value is -1.03. The van der Waals surface area contributed by atoms with Crippen molar-refractivity contribution < 1.29 is 21.6 Å². The van der Waals surface area contributed by atoms with E-state index in [-0.39, 0.29) is 19.1 Å². The number of nitrogens with one attached hydrogen (secondary N) is 2. The van der Waals surface area contributed by atoms with E-state index in [9.17, 15) is 21.6 Å². The highest BCUT2D eigenvalue weighted by Gasteiger charge is 2.50. The highest BCUT2D eigenvalue weighted by molar-refractivity contribution is 7.90. The van der Waals surface area contributed by atoms with Gasteiger partial charge in [0.1, 0.15) is 0 Å². The fourth-order valence-electron chi connectivity index (χ4n) is 1.83. The van der Waals surface area contributed by atoms with E-state index in [2.05, 4.69) is 15.6 Å². The van der Waals surface area contributed by atoms with Crippen LogP contribution < -0.4 is 10.6 Å². The molecule has 112 valence electrons. The molecule has 0 radical (unpaired) electrons. The van der Waals surface area contributed by atoms with Crippen LogP contribution in [0.1, 0.15) is 12.8 Å². The van der Waals surface area contributed by atoms with Gasteiger partial charge in [0.05, 0.1) is 0 Å². The van der Waals surface area contributed by atoms with Gasteiger partial charge in [0.15, 0.2) is 5.96 Å². The molecule has 0 bridgehead atoms. The molecule has 1 aliphatic rings. The first-order chi connectivity index (χ1) is 8.72. The average Bonchev–Trinajstić information content (AvgIpc) is 2.35. The van der Waals surface area contributed by atoms with Crippen molar-refractivity contribution in [1.82, 2.24) is 14.9 Å². The van der Waals surface area contributed by atoms with Gasteiger partial charge in [-0.25, -0.2) is 8.42 Å². The Balaban J connectivity index is 2.59. The summed E-state index contributed by atoms with van der Waals surface area (Å²) in [5.41, 5.74) is -5.23. The number of sulfonamides is 1. The van der Waals surface area contributed by atoms with Gasteiger partial charge in [0, 0.05) is 33.2 Å². The Morgan fingerprint density at radius 3 is 2.21 bits per heavy atom. The summed E-state index contributed by atoms with van der Waals surface area (Å²) in [6, 6.07) is -0.0918. The number of hydrogen-bond donors (Lipinski definition) is 2. The maximum absolute atomic E-state index is 12.4. The topological polar surface area (TPSA) is 73.8 Å². The Morgan fingerprint density at radius 1 is 1.32 bits per heavy atom. The number of piperidine rings is 1. The second-order valence-electron chi connectivity index (χ2n) is 4.09. The van der Waals surface area contributed by atoms with E-state index < -0.39 is 15.5 Å². The molecule has 0 saturated carbocycles. The number of rotatable bonds is 2. The van der Waals surface area contributed by atoms with Crippen molar-refractivity contribution in [2.45, 2.75) is 24.4 Å². The van der Waals surface area contributed by atoms with Crippen LogP contribution in [-0.2, 0) is 10.0 Å². The first-order valence-corrected chi connectivity index (χ1v) is 7.14. The smallest absolute Gasteiger partial charge is 0.359 e. The zero-order valence-electron chi connectivity index (χ0n) is 10.7. The molecule has 0 aromatic carbocycles. The third-order valence-electron chi connectivity index (χ3n) is 2.89. The molecular formula is C9H17F3N4O2S. The molecule has 0 spiro atoms. The predicted molar refractivity (Wildman–Crippen MR) is 65.1 cm³/mol. The minimum Gasteiger partial charge on any atom is -0.359 e. The number of nitrogens with zero attached hydrogens (tertiary/aromatic N) is 2. The summed E-state index contributed by atoms with van der Waals surface area (Å²) in [5, 5.41) is 5.79. The molecule has 0 amide bonds. The lowest BCUT2D eigenvalue weighted by atomic mass is 10.1. The predicted octanol–water partition coefficient (Wildman–Crippen LogP) is 0.0952. The molecule has 1 saturated heterocycles. The first-order valence-electron chi connectivity index (χ1n) is 5.70. The van der Waals surface area contributed by atoms with Crippen LogP contribution in [0.25, 0.3) is 0 Å². The Bertz CT molecular complexity index is 427. The molecule has 1 aliphatic heterocycles. The van der Waals surface area contributed by atoms with Gasteiger partial charge in [-0.2, -0.15) is 17.5 Å². The number of aliphatic imine (C=N–C) groups is 1. The van der Waals surface area contributed by atoms with Crippen molar-refractivity contribution in [3.8, 4) is 0 Å². The van der Waals surface area contributed by atoms with Crippen molar-refractivity contribution >= 4 is 16.0 Å². The maximum atomic E-state index is 12.4. The first kappa shape index (κ1) is 16.0. The van der Waals surface area contributed by atoms with Crippen LogP contribution in [0.2, 0.25) is 0 Å². The van der Waals surface area contributed by atoms with Gasteiger partial charge in [-0.1, -0.05) is 0 Å². The van der Waals surface area contributed by atoms with E-state index in [4.69, 9.17) is 0 Å². The van der Waals surface area contributed by atoms with Gasteiger partial charge in [-0.15, -0.1) is 0 Å². The zero-order valence-corrected chi connectivity index (χ0v) is 11.5. The molecule has 19 heavy (non-hydrogen) atoms. The Kier molecular flexibility index (Phi) is 5.02. The molecule has 1 fully saturated rings. The zero-order chi connectivity index (χ0) is 14.7. The third-order valence-corrected chi connectivity index (χ3v) is 4.52. The van der Waals surface area contributed by atoms with E-state index in [0.29, 0.717) is 23.1 Å². The highest BCUT2D eigenvalue weighted by atomic mass is 32.2. The van der Waals surface area contributed by atoms with Crippen molar-refractivity contribution in [3.63, 3.8) is 0 Å². The van der Waals surface area contributed by atoms with Crippen molar-refractivity contribution in [3.05, 3.63) is 0 Å². The maximum Gasteiger partial charge on any atom is 0.511 e. The Morgan fingerprint density at radius 2 is 1.84 bits per heavy atom. The molecular weight excluding hydrogens is 285 g/mol. The van der Waals surface area contributed by atoms with Crippen molar-refractivity contribution in [2.24, 2.45) is 4.99 Å². The number of alkyl halides is 3. The molecule has 2 N–H and O–H groups in total. The Labute approximate surface area is 110 Å². The summed E-state index contributed by atoms with van der Waals surface area (Å²) < 4.78 is 59.9. The van der Waals surface area contributed by atoms with Crippen LogP contribution in [0.4, 0.5) is 13.2 Å². The van der Waals surface area contributed by atoms with Crippen molar-refractivity contribution in [2.75, 3.05) is 27.2 Å². The molecule has 0 aromatic heterocycles. The van der Waals surface area contributed by atoms with E-state index >= 15 is 0 Å². The highest BCUT2D eigenvalue weighted by Crippen LogP contribution is 2.28. The molecule has 0 aliphatic carbocycles. The standard InChI is InChI=1S/C9H17F3N4O2S/c1-13-8(14-2)15-7-3-5-16(6-4-7)19(17,18)9(10,11)12/h7H,3-6H2,1-2H3,(H2,13,14,15). The van der Waals surface area contributed by atoms with E-state index in [1.165, 1.54) is 0 Å². The second kappa shape index (κ2) is 5.95. The van der Waals surface area contributed by atoms with Gasteiger partial charge >= 0.3 is 15.5 Å².